The second-order valence-electron chi connectivity index (χ2n) is 14.1. The predicted molar refractivity (Wildman–Crippen MR) is 230 cm³/mol. The standard InChI is InChI=1S/C51H33N5/c1-4-15-34(16-5-1)44-33-45(54-50(53-44)35-17-6-2-7-18-35)37-19-12-22-39(31-37)56-47-29-28-36(32-43(47)41-25-14-30-52-51(41)56)40-24-13-27-48-49(40)42-23-10-11-26-46(42)55(48)38-20-8-3-9-21-38/h1-33H. The zero-order valence-corrected chi connectivity index (χ0v) is 30.3. The summed E-state index contributed by atoms with van der Waals surface area (Å²) < 4.78 is 4.65. The zero-order chi connectivity index (χ0) is 37.0. The molecule has 0 radical (unpaired) electrons. The smallest absolute Gasteiger partial charge is 0.160 e. The normalized spacial score (nSPS) is 11.6. The zero-order valence-electron chi connectivity index (χ0n) is 30.3. The minimum atomic E-state index is 0.695. The third-order valence-electron chi connectivity index (χ3n) is 10.8. The summed E-state index contributed by atoms with van der Waals surface area (Å²) in [5.74, 6) is 0.695. The van der Waals surface area contributed by atoms with Crippen LogP contribution in [0.25, 0.3) is 100 Å². The highest BCUT2D eigenvalue weighted by atomic mass is 15.0. The Bertz CT molecular complexity index is 3180. The Hall–Kier alpha value is -7.63. The Morgan fingerprint density at radius 1 is 0.357 bits per heavy atom. The number of benzene rings is 7. The van der Waals surface area contributed by atoms with Crippen LogP contribution in [-0.4, -0.2) is 24.1 Å². The summed E-state index contributed by atoms with van der Waals surface area (Å²) in [5, 5.41) is 4.74. The molecule has 11 aromatic rings. The molecule has 0 aliphatic heterocycles. The molecule has 0 spiro atoms. The van der Waals surface area contributed by atoms with E-state index in [4.69, 9.17) is 15.0 Å². The van der Waals surface area contributed by atoms with Crippen molar-refractivity contribution in [3.63, 3.8) is 0 Å². The topological polar surface area (TPSA) is 48.5 Å². The molecule has 11 rings (SSSR count). The van der Waals surface area contributed by atoms with Crippen LogP contribution in [0.4, 0.5) is 0 Å². The maximum atomic E-state index is 5.12. The number of rotatable bonds is 6. The highest BCUT2D eigenvalue weighted by Crippen LogP contribution is 2.41. The number of fused-ring (bicyclic) bond motifs is 6. The first kappa shape index (κ1) is 31.9. The second-order valence-corrected chi connectivity index (χ2v) is 14.1. The fourth-order valence-corrected chi connectivity index (χ4v) is 8.26. The van der Waals surface area contributed by atoms with Crippen LogP contribution in [0.15, 0.2) is 200 Å². The van der Waals surface area contributed by atoms with Gasteiger partial charge < -0.3 is 4.57 Å². The van der Waals surface area contributed by atoms with Crippen molar-refractivity contribution in [2.45, 2.75) is 0 Å². The lowest BCUT2D eigenvalue weighted by Crippen LogP contribution is -1.98. The SMILES string of the molecule is c1ccc(-c2cc(-c3cccc(-n4c5ccc(-c6cccc7c6c6ccccc6n7-c6ccccc6)cc5c5cccnc54)c3)nc(-c3ccccc3)n2)cc1. The van der Waals surface area contributed by atoms with Crippen LogP contribution in [0.2, 0.25) is 0 Å². The quantitative estimate of drug-likeness (QED) is 0.172. The molecule has 4 aromatic heterocycles. The van der Waals surface area contributed by atoms with E-state index in [1.54, 1.807) is 0 Å². The lowest BCUT2D eigenvalue weighted by Gasteiger charge is -2.12. The second kappa shape index (κ2) is 13.0. The fourth-order valence-electron chi connectivity index (χ4n) is 8.26. The minimum absolute atomic E-state index is 0.695. The van der Waals surface area contributed by atoms with Gasteiger partial charge in [-0.1, -0.05) is 127 Å². The van der Waals surface area contributed by atoms with E-state index in [1.165, 1.54) is 32.9 Å². The lowest BCUT2D eigenvalue weighted by molar-refractivity contribution is 1.13. The van der Waals surface area contributed by atoms with Crippen LogP contribution in [0, 0.1) is 0 Å². The number of hydrogen-bond acceptors (Lipinski definition) is 3. The van der Waals surface area contributed by atoms with Crippen molar-refractivity contribution in [2.75, 3.05) is 0 Å². The minimum Gasteiger partial charge on any atom is -0.309 e. The summed E-state index contributed by atoms with van der Waals surface area (Å²) in [4.78, 5) is 15.1. The summed E-state index contributed by atoms with van der Waals surface area (Å²) >= 11 is 0. The maximum Gasteiger partial charge on any atom is 0.160 e. The highest BCUT2D eigenvalue weighted by Gasteiger charge is 2.19. The molecule has 0 aliphatic carbocycles. The van der Waals surface area contributed by atoms with Gasteiger partial charge in [0.25, 0.3) is 0 Å². The van der Waals surface area contributed by atoms with Crippen molar-refractivity contribution in [2.24, 2.45) is 0 Å². The molecular formula is C51H33N5. The van der Waals surface area contributed by atoms with E-state index in [2.05, 4.69) is 161 Å². The van der Waals surface area contributed by atoms with Crippen molar-refractivity contribution in [1.29, 1.82) is 0 Å². The molecule has 0 fully saturated rings. The van der Waals surface area contributed by atoms with Gasteiger partial charge in [0.15, 0.2) is 5.82 Å². The van der Waals surface area contributed by atoms with Gasteiger partial charge in [0, 0.05) is 55.8 Å². The molecule has 0 unspecified atom stereocenters. The molecule has 0 N–H and O–H groups in total. The van der Waals surface area contributed by atoms with Crippen molar-refractivity contribution in [1.82, 2.24) is 24.1 Å². The van der Waals surface area contributed by atoms with Crippen LogP contribution in [0.5, 0.6) is 0 Å². The van der Waals surface area contributed by atoms with Crippen molar-refractivity contribution >= 4 is 43.7 Å². The van der Waals surface area contributed by atoms with Gasteiger partial charge in [-0.25, -0.2) is 15.0 Å². The number of nitrogens with zero attached hydrogens (tertiary/aromatic N) is 5. The van der Waals surface area contributed by atoms with Gasteiger partial charge >= 0.3 is 0 Å². The molecule has 0 saturated heterocycles. The molecule has 0 atom stereocenters. The monoisotopic (exact) mass is 715 g/mol. The maximum absolute atomic E-state index is 5.12. The molecule has 5 nitrogen and oxygen atoms in total. The summed E-state index contributed by atoms with van der Waals surface area (Å²) in [5.41, 5.74) is 13.7. The van der Waals surface area contributed by atoms with E-state index in [0.717, 1.165) is 61.4 Å². The summed E-state index contributed by atoms with van der Waals surface area (Å²) in [6, 6.07) is 68.2. The molecular weight excluding hydrogens is 683 g/mol. The van der Waals surface area contributed by atoms with E-state index >= 15 is 0 Å². The summed E-state index contributed by atoms with van der Waals surface area (Å²) in [6.45, 7) is 0. The van der Waals surface area contributed by atoms with Gasteiger partial charge in [-0.2, -0.15) is 0 Å². The molecule has 0 bridgehead atoms. The first-order chi connectivity index (χ1) is 27.8. The number of hydrogen-bond donors (Lipinski definition) is 0. The fraction of sp³-hybridized carbons (Fsp3) is 0. The molecule has 56 heavy (non-hydrogen) atoms. The average Bonchev–Trinajstić information content (AvgIpc) is 3.80. The molecule has 5 heteroatoms. The molecule has 7 aromatic carbocycles. The Kier molecular flexibility index (Phi) is 7.42. The van der Waals surface area contributed by atoms with Crippen LogP contribution in [-0.2, 0) is 0 Å². The average molecular weight is 716 g/mol. The summed E-state index contributed by atoms with van der Waals surface area (Å²) in [7, 11) is 0. The van der Waals surface area contributed by atoms with Gasteiger partial charge in [0.2, 0.25) is 0 Å². The van der Waals surface area contributed by atoms with E-state index in [0.29, 0.717) is 5.82 Å². The van der Waals surface area contributed by atoms with Crippen LogP contribution in [0.1, 0.15) is 0 Å². The Labute approximate surface area is 323 Å². The Morgan fingerprint density at radius 2 is 0.982 bits per heavy atom. The predicted octanol–water partition coefficient (Wildman–Crippen LogP) is 12.7. The van der Waals surface area contributed by atoms with Gasteiger partial charge in [-0.15, -0.1) is 0 Å². The lowest BCUT2D eigenvalue weighted by atomic mass is 9.98. The number of aromatic nitrogens is 5. The van der Waals surface area contributed by atoms with Crippen molar-refractivity contribution in [3.05, 3.63) is 200 Å². The Balaban J connectivity index is 1.08. The number of pyridine rings is 1. The Morgan fingerprint density at radius 3 is 1.80 bits per heavy atom. The van der Waals surface area contributed by atoms with E-state index in [1.807, 2.05) is 48.7 Å². The first-order valence-corrected chi connectivity index (χ1v) is 18.9. The molecule has 0 saturated carbocycles. The van der Waals surface area contributed by atoms with Gasteiger partial charge in [-0.3, -0.25) is 4.57 Å². The molecule has 262 valence electrons. The van der Waals surface area contributed by atoms with Crippen LogP contribution in [0.3, 0.4) is 0 Å². The molecule has 0 amide bonds. The third-order valence-corrected chi connectivity index (χ3v) is 10.8. The summed E-state index contributed by atoms with van der Waals surface area (Å²) in [6.07, 6.45) is 1.88. The van der Waals surface area contributed by atoms with Crippen molar-refractivity contribution in [3.8, 4) is 56.4 Å². The van der Waals surface area contributed by atoms with E-state index in [-0.39, 0.29) is 0 Å². The van der Waals surface area contributed by atoms with Crippen molar-refractivity contribution < 1.29 is 0 Å². The van der Waals surface area contributed by atoms with Gasteiger partial charge in [0.05, 0.1) is 27.9 Å². The van der Waals surface area contributed by atoms with Gasteiger partial charge in [-0.05, 0) is 77.9 Å². The third kappa shape index (κ3) is 5.21. The van der Waals surface area contributed by atoms with E-state index < -0.39 is 0 Å². The van der Waals surface area contributed by atoms with Crippen LogP contribution >= 0.6 is 0 Å². The van der Waals surface area contributed by atoms with Crippen LogP contribution < -0.4 is 0 Å². The number of para-hydroxylation sites is 2. The molecule has 0 aliphatic rings. The van der Waals surface area contributed by atoms with Gasteiger partial charge in [0.1, 0.15) is 5.65 Å². The van der Waals surface area contributed by atoms with E-state index in [9.17, 15) is 0 Å². The first-order valence-electron chi connectivity index (χ1n) is 18.9. The molecule has 4 heterocycles. The highest BCUT2D eigenvalue weighted by molar-refractivity contribution is 6.17. The largest absolute Gasteiger partial charge is 0.309 e.